The molecule has 0 spiro atoms. The van der Waals surface area contributed by atoms with Gasteiger partial charge in [-0.15, -0.1) is 0 Å². The van der Waals surface area contributed by atoms with Gasteiger partial charge in [-0.3, -0.25) is 4.79 Å². The molecule has 0 aromatic heterocycles. The average Bonchev–Trinajstić information content (AvgIpc) is 2.62. The number of benzene rings is 2. The molecule has 0 bridgehead atoms. The molecule has 0 fully saturated rings. The van der Waals surface area contributed by atoms with Crippen molar-refractivity contribution < 1.29 is 13.2 Å². The van der Waals surface area contributed by atoms with E-state index in [-0.39, 0.29) is 16.7 Å². The largest absolute Gasteiger partial charge is 0.326 e. The van der Waals surface area contributed by atoms with Gasteiger partial charge in [0.15, 0.2) is 0 Å². The van der Waals surface area contributed by atoms with Gasteiger partial charge < -0.3 is 5.32 Å². The molecule has 2 aromatic rings. The van der Waals surface area contributed by atoms with Crippen molar-refractivity contribution in [2.75, 3.05) is 11.9 Å². The summed E-state index contributed by atoms with van der Waals surface area (Å²) in [4.78, 5) is 12.5. The fourth-order valence-corrected chi connectivity index (χ4v) is 3.88. The molecule has 2 N–H and O–H groups in total. The standard InChI is InChI=1S/C21H28N2O3S/c1-15(2)14-22-27(25,26)19-11-8-18(9-12-19)10-13-20(24)23-21-16(3)6-5-7-17(21)4/h5-9,11-12,15,22H,10,13-14H2,1-4H3,(H,23,24). The summed E-state index contributed by atoms with van der Waals surface area (Å²) in [6.07, 6.45) is 0.891. The lowest BCUT2D eigenvalue weighted by Gasteiger charge is -2.12. The number of para-hydroxylation sites is 1. The van der Waals surface area contributed by atoms with Gasteiger partial charge in [0.05, 0.1) is 4.90 Å². The molecule has 5 nitrogen and oxygen atoms in total. The van der Waals surface area contributed by atoms with Gasteiger partial charge in [-0.1, -0.05) is 44.2 Å². The number of amides is 1. The second-order valence-electron chi connectivity index (χ2n) is 7.20. The first-order valence-electron chi connectivity index (χ1n) is 9.13. The maximum atomic E-state index is 12.2. The van der Waals surface area contributed by atoms with Crippen molar-refractivity contribution in [1.82, 2.24) is 4.72 Å². The summed E-state index contributed by atoms with van der Waals surface area (Å²) >= 11 is 0. The Morgan fingerprint density at radius 3 is 2.15 bits per heavy atom. The summed E-state index contributed by atoms with van der Waals surface area (Å²) < 4.78 is 27.0. The predicted molar refractivity (Wildman–Crippen MR) is 109 cm³/mol. The Morgan fingerprint density at radius 2 is 1.59 bits per heavy atom. The van der Waals surface area contributed by atoms with Crippen LogP contribution in [0.2, 0.25) is 0 Å². The molecular weight excluding hydrogens is 360 g/mol. The van der Waals surface area contributed by atoms with Crippen molar-refractivity contribution >= 4 is 21.6 Å². The van der Waals surface area contributed by atoms with Crippen LogP contribution in [0.4, 0.5) is 5.69 Å². The molecule has 6 heteroatoms. The smallest absolute Gasteiger partial charge is 0.240 e. The molecule has 0 atom stereocenters. The highest BCUT2D eigenvalue weighted by molar-refractivity contribution is 7.89. The lowest BCUT2D eigenvalue weighted by Crippen LogP contribution is -2.27. The van der Waals surface area contributed by atoms with Crippen molar-refractivity contribution in [2.24, 2.45) is 5.92 Å². The van der Waals surface area contributed by atoms with E-state index < -0.39 is 10.0 Å². The van der Waals surface area contributed by atoms with Crippen LogP contribution in [0.25, 0.3) is 0 Å². The molecule has 1 amide bonds. The Morgan fingerprint density at radius 1 is 1.00 bits per heavy atom. The van der Waals surface area contributed by atoms with Gasteiger partial charge in [0.25, 0.3) is 0 Å². The highest BCUT2D eigenvalue weighted by Crippen LogP contribution is 2.20. The third-order valence-electron chi connectivity index (χ3n) is 4.30. The van der Waals surface area contributed by atoms with E-state index in [4.69, 9.17) is 0 Å². The third-order valence-corrected chi connectivity index (χ3v) is 5.74. The minimum Gasteiger partial charge on any atom is -0.326 e. The fourth-order valence-electron chi connectivity index (χ4n) is 2.67. The van der Waals surface area contributed by atoms with Gasteiger partial charge in [0, 0.05) is 18.7 Å². The van der Waals surface area contributed by atoms with Gasteiger partial charge in [0.2, 0.25) is 15.9 Å². The number of carbonyl (C=O) groups excluding carboxylic acids is 1. The van der Waals surface area contributed by atoms with E-state index in [0.717, 1.165) is 22.4 Å². The molecular formula is C21H28N2O3S. The normalized spacial score (nSPS) is 11.6. The first-order chi connectivity index (χ1) is 12.7. The number of carbonyl (C=O) groups is 1. The number of anilines is 1. The van der Waals surface area contributed by atoms with E-state index >= 15 is 0 Å². The third kappa shape index (κ3) is 6.19. The predicted octanol–water partition coefficient (Wildman–Crippen LogP) is 3.81. The van der Waals surface area contributed by atoms with Crippen LogP contribution >= 0.6 is 0 Å². The van der Waals surface area contributed by atoms with Crippen LogP contribution < -0.4 is 10.0 Å². The Kier molecular flexibility index (Phi) is 7.16. The highest BCUT2D eigenvalue weighted by Gasteiger charge is 2.14. The minimum atomic E-state index is -3.48. The Labute approximate surface area is 162 Å². The fraction of sp³-hybridized carbons (Fsp3) is 0.381. The summed E-state index contributed by atoms with van der Waals surface area (Å²) in [5.41, 5.74) is 3.85. The summed E-state index contributed by atoms with van der Waals surface area (Å²) in [6.45, 7) is 8.25. The van der Waals surface area contributed by atoms with E-state index in [0.29, 0.717) is 19.4 Å². The Bertz CT molecular complexity index is 868. The molecule has 27 heavy (non-hydrogen) atoms. The van der Waals surface area contributed by atoms with Crippen molar-refractivity contribution in [2.45, 2.75) is 45.4 Å². The molecule has 2 aromatic carbocycles. The molecule has 0 aliphatic carbocycles. The Balaban J connectivity index is 1.94. The first kappa shape index (κ1) is 21.1. The molecule has 0 saturated heterocycles. The maximum Gasteiger partial charge on any atom is 0.240 e. The van der Waals surface area contributed by atoms with Crippen LogP contribution in [0.3, 0.4) is 0 Å². The van der Waals surface area contributed by atoms with E-state index in [1.165, 1.54) is 0 Å². The Hall–Kier alpha value is -2.18. The summed E-state index contributed by atoms with van der Waals surface area (Å²) in [5.74, 6) is 0.192. The van der Waals surface area contributed by atoms with Gasteiger partial charge in [-0.05, 0) is 55.0 Å². The number of hydrogen-bond donors (Lipinski definition) is 2. The second-order valence-corrected chi connectivity index (χ2v) is 8.97. The molecule has 0 heterocycles. The number of nitrogens with one attached hydrogen (secondary N) is 2. The minimum absolute atomic E-state index is 0.0531. The monoisotopic (exact) mass is 388 g/mol. The van der Waals surface area contributed by atoms with Crippen LogP contribution in [0.15, 0.2) is 47.4 Å². The number of rotatable bonds is 8. The molecule has 0 unspecified atom stereocenters. The quantitative estimate of drug-likeness (QED) is 0.722. The molecule has 146 valence electrons. The molecule has 0 saturated carbocycles. The van der Waals surface area contributed by atoms with E-state index in [1.54, 1.807) is 24.3 Å². The van der Waals surface area contributed by atoms with Gasteiger partial charge in [-0.25, -0.2) is 13.1 Å². The number of hydrogen-bond acceptors (Lipinski definition) is 3. The second kappa shape index (κ2) is 9.15. The van der Waals surface area contributed by atoms with Crippen molar-refractivity contribution in [3.63, 3.8) is 0 Å². The molecule has 0 radical (unpaired) electrons. The molecule has 2 rings (SSSR count). The van der Waals surface area contributed by atoms with E-state index in [9.17, 15) is 13.2 Å². The number of sulfonamides is 1. The lowest BCUT2D eigenvalue weighted by atomic mass is 10.1. The van der Waals surface area contributed by atoms with Gasteiger partial charge in [-0.2, -0.15) is 0 Å². The summed E-state index contributed by atoms with van der Waals surface area (Å²) in [5, 5.41) is 2.97. The highest BCUT2D eigenvalue weighted by atomic mass is 32.2. The summed E-state index contributed by atoms with van der Waals surface area (Å²) in [7, 11) is -3.48. The van der Waals surface area contributed by atoms with Crippen LogP contribution in [0.5, 0.6) is 0 Å². The van der Waals surface area contributed by atoms with Gasteiger partial charge >= 0.3 is 0 Å². The van der Waals surface area contributed by atoms with Crippen LogP contribution in [-0.4, -0.2) is 20.9 Å². The van der Waals surface area contributed by atoms with E-state index in [2.05, 4.69) is 10.0 Å². The zero-order valence-corrected chi connectivity index (χ0v) is 17.2. The van der Waals surface area contributed by atoms with Gasteiger partial charge in [0.1, 0.15) is 0 Å². The zero-order valence-electron chi connectivity index (χ0n) is 16.4. The topological polar surface area (TPSA) is 75.3 Å². The summed E-state index contributed by atoms with van der Waals surface area (Å²) in [6, 6.07) is 12.6. The molecule has 0 aliphatic rings. The zero-order chi connectivity index (χ0) is 20.0. The van der Waals surface area contributed by atoms with Crippen LogP contribution in [0, 0.1) is 19.8 Å². The first-order valence-corrected chi connectivity index (χ1v) is 10.6. The van der Waals surface area contributed by atoms with Crippen LogP contribution in [-0.2, 0) is 21.2 Å². The SMILES string of the molecule is Cc1cccc(C)c1NC(=O)CCc1ccc(S(=O)(=O)NCC(C)C)cc1. The van der Waals surface area contributed by atoms with E-state index in [1.807, 2.05) is 45.9 Å². The molecule has 0 aliphatic heterocycles. The number of aryl methyl sites for hydroxylation is 3. The maximum absolute atomic E-state index is 12.2. The van der Waals surface area contributed by atoms with Crippen molar-refractivity contribution in [1.29, 1.82) is 0 Å². The van der Waals surface area contributed by atoms with Crippen molar-refractivity contribution in [3.05, 3.63) is 59.2 Å². The van der Waals surface area contributed by atoms with Crippen molar-refractivity contribution in [3.8, 4) is 0 Å². The average molecular weight is 389 g/mol. The lowest BCUT2D eigenvalue weighted by molar-refractivity contribution is -0.116. The van der Waals surface area contributed by atoms with Crippen LogP contribution in [0.1, 0.15) is 37.0 Å².